The number of nitrogens with zero attached hydrogens (tertiary/aromatic N) is 3. The van der Waals surface area contributed by atoms with E-state index in [0.717, 1.165) is 37.8 Å². The molecule has 140 valence electrons. The lowest BCUT2D eigenvalue weighted by molar-refractivity contribution is -0.137. The summed E-state index contributed by atoms with van der Waals surface area (Å²) in [6, 6.07) is 5.18. The van der Waals surface area contributed by atoms with Crippen LogP contribution < -0.4 is 0 Å². The highest BCUT2D eigenvalue weighted by atomic mass is 19.4. The Hall–Kier alpha value is -2.31. The van der Waals surface area contributed by atoms with E-state index in [2.05, 4.69) is 12.0 Å². The molecule has 0 spiro atoms. The van der Waals surface area contributed by atoms with Gasteiger partial charge in [0.05, 0.1) is 28.7 Å². The summed E-state index contributed by atoms with van der Waals surface area (Å²) in [5, 5.41) is 4.18. The number of amides is 1. The first-order valence-electron chi connectivity index (χ1n) is 8.86. The molecule has 26 heavy (non-hydrogen) atoms. The van der Waals surface area contributed by atoms with Gasteiger partial charge in [0.25, 0.3) is 5.91 Å². The molecule has 0 bridgehead atoms. The van der Waals surface area contributed by atoms with Crippen LogP contribution in [-0.2, 0) is 6.18 Å². The van der Waals surface area contributed by atoms with Gasteiger partial charge < -0.3 is 4.90 Å². The number of rotatable bonds is 3. The molecule has 7 heteroatoms. The highest BCUT2D eigenvalue weighted by Gasteiger charge is 2.31. The number of hydrogen-bond donors (Lipinski definition) is 0. The second-order valence-electron chi connectivity index (χ2n) is 6.66. The van der Waals surface area contributed by atoms with Crippen molar-refractivity contribution in [1.82, 2.24) is 14.7 Å². The van der Waals surface area contributed by atoms with E-state index in [0.29, 0.717) is 23.5 Å². The van der Waals surface area contributed by atoms with Crippen LogP contribution in [0.4, 0.5) is 13.2 Å². The summed E-state index contributed by atoms with van der Waals surface area (Å²) in [7, 11) is 0. The molecule has 0 aliphatic carbocycles. The second-order valence-corrected chi connectivity index (χ2v) is 6.66. The average molecular weight is 365 g/mol. The van der Waals surface area contributed by atoms with Gasteiger partial charge in [-0.1, -0.05) is 13.0 Å². The van der Waals surface area contributed by atoms with Crippen molar-refractivity contribution in [3.05, 3.63) is 47.3 Å². The molecule has 1 fully saturated rings. The first kappa shape index (κ1) is 18.5. The number of likely N-dealkylation sites (tertiary alicyclic amines) is 1. The van der Waals surface area contributed by atoms with Crippen molar-refractivity contribution in [1.29, 1.82) is 0 Å². The summed E-state index contributed by atoms with van der Waals surface area (Å²) in [5.41, 5.74) is 0.555. The third kappa shape index (κ3) is 3.48. The molecule has 1 saturated heterocycles. The molecule has 0 N–H and O–H groups in total. The summed E-state index contributed by atoms with van der Waals surface area (Å²) in [6.45, 7) is 4.49. The zero-order chi connectivity index (χ0) is 18.9. The Balaban J connectivity index is 1.92. The Labute approximate surface area is 150 Å². The Kier molecular flexibility index (Phi) is 5.07. The molecule has 3 rings (SSSR count). The minimum absolute atomic E-state index is 0.0905. The van der Waals surface area contributed by atoms with Gasteiger partial charge in [0.1, 0.15) is 0 Å². The molecule has 1 amide bonds. The predicted molar refractivity (Wildman–Crippen MR) is 92.3 cm³/mol. The zero-order valence-corrected chi connectivity index (χ0v) is 14.9. The molecular weight excluding hydrogens is 343 g/mol. The SMILES string of the molecule is CCC1CCCCN1C(=O)c1cnn(-c2cccc(C(F)(F)F)c2)c1C. The minimum Gasteiger partial charge on any atom is -0.336 e. The lowest BCUT2D eigenvalue weighted by Gasteiger charge is -2.35. The first-order chi connectivity index (χ1) is 12.3. The monoisotopic (exact) mass is 365 g/mol. The minimum atomic E-state index is -4.42. The van der Waals surface area contributed by atoms with E-state index >= 15 is 0 Å². The van der Waals surface area contributed by atoms with Gasteiger partial charge in [-0.3, -0.25) is 4.79 Å². The van der Waals surface area contributed by atoms with Gasteiger partial charge in [0.2, 0.25) is 0 Å². The highest BCUT2D eigenvalue weighted by Crippen LogP contribution is 2.31. The topological polar surface area (TPSA) is 38.1 Å². The smallest absolute Gasteiger partial charge is 0.336 e. The fourth-order valence-corrected chi connectivity index (χ4v) is 3.54. The summed E-state index contributed by atoms with van der Waals surface area (Å²) in [5.74, 6) is -0.0905. The van der Waals surface area contributed by atoms with E-state index in [1.165, 1.54) is 16.9 Å². The van der Waals surface area contributed by atoms with Crippen molar-refractivity contribution >= 4 is 5.91 Å². The van der Waals surface area contributed by atoms with Gasteiger partial charge in [-0.2, -0.15) is 18.3 Å². The maximum absolute atomic E-state index is 13.0. The zero-order valence-electron chi connectivity index (χ0n) is 14.9. The van der Waals surface area contributed by atoms with Crippen LogP contribution in [0.1, 0.15) is 54.2 Å². The Bertz CT molecular complexity index is 798. The molecule has 1 aromatic carbocycles. The molecule has 1 atom stereocenters. The third-order valence-electron chi connectivity index (χ3n) is 5.02. The number of carbonyl (C=O) groups excluding carboxylic acids is 1. The quantitative estimate of drug-likeness (QED) is 0.797. The summed E-state index contributed by atoms with van der Waals surface area (Å²) < 4.78 is 40.3. The van der Waals surface area contributed by atoms with Crippen LogP contribution in [0.15, 0.2) is 30.5 Å². The van der Waals surface area contributed by atoms with Crippen molar-refractivity contribution in [2.45, 2.75) is 51.7 Å². The molecule has 2 heterocycles. The average Bonchev–Trinajstić information content (AvgIpc) is 3.02. The lowest BCUT2D eigenvalue weighted by Crippen LogP contribution is -2.43. The van der Waals surface area contributed by atoms with E-state index in [-0.39, 0.29) is 11.9 Å². The number of benzene rings is 1. The number of halogens is 3. The van der Waals surface area contributed by atoms with Crippen LogP contribution in [0.25, 0.3) is 5.69 Å². The van der Waals surface area contributed by atoms with Gasteiger partial charge in [0, 0.05) is 12.6 Å². The van der Waals surface area contributed by atoms with Crippen LogP contribution in [-0.4, -0.2) is 33.2 Å². The van der Waals surface area contributed by atoms with Crippen LogP contribution >= 0.6 is 0 Å². The molecule has 4 nitrogen and oxygen atoms in total. The molecule has 1 unspecified atom stereocenters. The van der Waals surface area contributed by atoms with E-state index in [9.17, 15) is 18.0 Å². The largest absolute Gasteiger partial charge is 0.416 e. The molecule has 1 aromatic heterocycles. The maximum atomic E-state index is 13.0. The molecule has 0 saturated carbocycles. The van der Waals surface area contributed by atoms with Crippen molar-refractivity contribution < 1.29 is 18.0 Å². The number of carbonyl (C=O) groups is 1. The van der Waals surface area contributed by atoms with Crippen LogP contribution in [0.2, 0.25) is 0 Å². The predicted octanol–water partition coefficient (Wildman–Crippen LogP) is 4.60. The Morgan fingerprint density at radius 1 is 1.31 bits per heavy atom. The molecule has 1 aliphatic heterocycles. The van der Waals surface area contributed by atoms with Gasteiger partial charge in [-0.15, -0.1) is 0 Å². The first-order valence-corrected chi connectivity index (χ1v) is 8.86. The van der Waals surface area contributed by atoms with Gasteiger partial charge >= 0.3 is 6.18 Å². The van der Waals surface area contributed by atoms with Gasteiger partial charge in [-0.25, -0.2) is 4.68 Å². The summed E-state index contributed by atoms with van der Waals surface area (Å²) in [4.78, 5) is 14.8. The molecule has 2 aromatic rings. The summed E-state index contributed by atoms with van der Waals surface area (Å²) >= 11 is 0. The number of aromatic nitrogens is 2. The standard InChI is InChI=1S/C19H22F3N3O/c1-3-15-8-4-5-10-24(15)18(26)17-12-23-25(13(17)2)16-9-6-7-14(11-16)19(20,21)22/h6-7,9,11-12,15H,3-5,8,10H2,1-2H3. The van der Waals surface area contributed by atoms with Gasteiger partial charge in [0.15, 0.2) is 0 Å². The normalized spacial score (nSPS) is 18.2. The molecule has 1 aliphatic rings. The molecule has 0 radical (unpaired) electrons. The second kappa shape index (κ2) is 7.13. The van der Waals surface area contributed by atoms with Crippen LogP contribution in [0.5, 0.6) is 0 Å². The van der Waals surface area contributed by atoms with Crippen molar-refractivity contribution in [2.24, 2.45) is 0 Å². The van der Waals surface area contributed by atoms with E-state index in [1.807, 2.05) is 4.90 Å². The van der Waals surface area contributed by atoms with Gasteiger partial charge in [-0.05, 0) is 50.8 Å². The Morgan fingerprint density at radius 2 is 2.08 bits per heavy atom. The van der Waals surface area contributed by atoms with Crippen LogP contribution in [0.3, 0.4) is 0 Å². The fraction of sp³-hybridized carbons (Fsp3) is 0.474. The van der Waals surface area contributed by atoms with Crippen molar-refractivity contribution in [3.63, 3.8) is 0 Å². The van der Waals surface area contributed by atoms with Crippen LogP contribution in [0, 0.1) is 6.92 Å². The summed E-state index contributed by atoms with van der Waals surface area (Å²) in [6.07, 6.45) is 1.01. The van der Waals surface area contributed by atoms with E-state index in [1.54, 1.807) is 13.0 Å². The molecular formula is C19H22F3N3O. The fourth-order valence-electron chi connectivity index (χ4n) is 3.54. The number of alkyl halides is 3. The highest BCUT2D eigenvalue weighted by molar-refractivity contribution is 5.95. The number of piperidine rings is 1. The lowest BCUT2D eigenvalue weighted by atomic mass is 9.99. The van der Waals surface area contributed by atoms with E-state index in [4.69, 9.17) is 0 Å². The maximum Gasteiger partial charge on any atom is 0.416 e. The Morgan fingerprint density at radius 3 is 2.77 bits per heavy atom. The van der Waals surface area contributed by atoms with Crippen molar-refractivity contribution in [2.75, 3.05) is 6.54 Å². The number of hydrogen-bond acceptors (Lipinski definition) is 2. The van der Waals surface area contributed by atoms with Crippen molar-refractivity contribution in [3.8, 4) is 5.69 Å². The third-order valence-corrected chi connectivity index (χ3v) is 5.02. The van der Waals surface area contributed by atoms with E-state index < -0.39 is 11.7 Å².